The standard InChI is InChI=1S/C21H29NO/c1-16-11-17(2)13-19(12-16)14-21(23,18(3)15-22(4)5)20-9-7-6-8-10-20/h6-13,18,23H,14-15H2,1-5H3/t18-,21-/m0/s1. The van der Waals surface area contributed by atoms with Gasteiger partial charge in [-0.2, -0.15) is 0 Å². The smallest absolute Gasteiger partial charge is 0.0974 e. The molecule has 0 aromatic heterocycles. The van der Waals surface area contributed by atoms with Gasteiger partial charge in [-0.25, -0.2) is 0 Å². The molecular formula is C21H29NO. The quantitative estimate of drug-likeness (QED) is 0.873. The molecule has 23 heavy (non-hydrogen) atoms. The largest absolute Gasteiger partial charge is 0.384 e. The molecule has 0 unspecified atom stereocenters. The minimum Gasteiger partial charge on any atom is -0.384 e. The van der Waals surface area contributed by atoms with Crippen LogP contribution in [0.1, 0.15) is 29.2 Å². The number of nitrogens with zero attached hydrogens (tertiary/aromatic N) is 1. The van der Waals surface area contributed by atoms with Crippen molar-refractivity contribution in [2.75, 3.05) is 20.6 Å². The van der Waals surface area contributed by atoms with Gasteiger partial charge in [0.15, 0.2) is 0 Å². The van der Waals surface area contributed by atoms with Gasteiger partial charge in [-0.05, 0) is 39.1 Å². The van der Waals surface area contributed by atoms with E-state index in [4.69, 9.17) is 0 Å². The second kappa shape index (κ2) is 7.29. The molecule has 0 spiro atoms. The summed E-state index contributed by atoms with van der Waals surface area (Å²) in [7, 11) is 4.11. The molecule has 0 bridgehead atoms. The Labute approximate surface area is 140 Å². The monoisotopic (exact) mass is 311 g/mol. The van der Waals surface area contributed by atoms with E-state index in [1.807, 2.05) is 30.3 Å². The van der Waals surface area contributed by atoms with Crippen LogP contribution >= 0.6 is 0 Å². The Morgan fingerprint density at radius 2 is 1.57 bits per heavy atom. The first-order chi connectivity index (χ1) is 10.8. The third kappa shape index (κ3) is 4.43. The highest BCUT2D eigenvalue weighted by atomic mass is 16.3. The summed E-state index contributed by atoms with van der Waals surface area (Å²) in [5, 5.41) is 11.6. The van der Waals surface area contributed by atoms with Crippen molar-refractivity contribution in [2.24, 2.45) is 5.92 Å². The molecule has 0 aliphatic heterocycles. The Kier molecular flexibility index (Phi) is 5.61. The highest BCUT2D eigenvalue weighted by molar-refractivity contribution is 5.32. The number of aryl methyl sites for hydroxylation is 2. The van der Waals surface area contributed by atoms with E-state index >= 15 is 0 Å². The fourth-order valence-electron chi connectivity index (χ4n) is 3.47. The molecule has 0 aliphatic carbocycles. The van der Waals surface area contributed by atoms with Gasteiger partial charge in [-0.3, -0.25) is 0 Å². The van der Waals surface area contributed by atoms with Crippen LogP contribution in [-0.4, -0.2) is 30.6 Å². The first-order valence-electron chi connectivity index (χ1n) is 8.31. The van der Waals surface area contributed by atoms with E-state index in [1.165, 1.54) is 16.7 Å². The molecule has 2 rings (SSSR count). The van der Waals surface area contributed by atoms with Gasteiger partial charge in [-0.1, -0.05) is 66.6 Å². The minimum atomic E-state index is -0.869. The normalized spacial score (nSPS) is 15.4. The molecule has 2 heteroatoms. The number of benzene rings is 2. The van der Waals surface area contributed by atoms with E-state index in [0.717, 1.165) is 12.1 Å². The summed E-state index contributed by atoms with van der Waals surface area (Å²) in [4.78, 5) is 2.14. The van der Waals surface area contributed by atoms with Crippen molar-refractivity contribution < 1.29 is 5.11 Å². The number of hydrogen-bond acceptors (Lipinski definition) is 2. The summed E-state index contributed by atoms with van der Waals surface area (Å²) in [6, 6.07) is 16.6. The van der Waals surface area contributed by atoms with Crippen LogP contribution in [0, 0.1) is 19.8 Å². The van der Waals surface area contributed by atoms with Crippen molar-refractivity contribution in [1.82, 2.24) is 4.90 Å². The van der Waals surface area contributed by atoms with Crippen LogP contribution in [0.5, 0.6) is 0 Å². The lowest BCUT2D eigenvalue weighted by atomic mass is 9.77. The summed E-state index contributed by atoms with van der Waals surface area (Å²) in [5.41, 5.74) is 3.81. The molecule has 2 aromatic rings. The van der Waals surface area contributed by atoms with Crippen molar-refractivity contribution >= 4 is 0 Å². The second-order valence-electron chi connectivity index (χ2n) is 7.13. The molecule has 124 valence electrons. The molecule has 2 aromatic carbocycles. The maximum Gasteiger partial charge on any atom is 0.0974 e. The zero-order chi connectivity index (χ0) is 17.0. The Bertz CT molecular complexity index is 615. The zero-order valence-electron chi connectivity index (χ0n) is 15.0. The van der Waals surface area contributed by atoms with Gasteiger partial charge in [0.2, 0.25) is 0 Å². The molecule has 0 radical (unpaired) electrons. The number of hydrogen-bond donors (Lipinski definition) is 1. The number of aliphatic hydroxyl groups is 1. The molecule has 0 aliphatic rings. The molecule has 0 fully saturated rings. The summed E-state index contributed by atoms with van der Waals surface area (Å²) in [5.74, 6) is 0.126. The average molecular weight is 311 g/mol. The van der Waals surface area contributed by atoms with Gasteiger partial charge in [-0.15, -0.1) is 0 Å². The SMILES string of the molecule is Cc1cc(C)cc(C[C@@](O)(c2ccccc2)[C@@H](C)CN(C)C)c1. The van der Waals surface area contributed by atoms with Crippen molar-refractivity contribution in [1.29, 1.82) is 0 Å². The van der Waals surface area contributed by atoms with E-state index in [2.05, 4.69) is 58.0 Å². The predicted molar refractivity (Wildman–Crippen MR) is 97.7 cm³/mol. The Hall–Kier alpha value is -1.64. The molecule has 0 saturated heterocycles. The van der Waals surface area contributed by atoms with Crippen LogP contribution in [0.4, 0.5) is 0 Å². The average Bonchev–Trinajstić information content (AvgIpc) is 2.46. The topological polar surface area (TPSA) is 23.5 Å². The number of rotatable bonds is 6. The van der Waals surface area contributed by atoms with Crippen LogP contribution in [0.2, 0.25) is 0 Å². The predicted octanol–water partition coefficient (Wildman–Crippen LogP) is 3.93. The summed E-state index contributed by atoms with van der Waals surface area (Å²) < 4.78 is 0. The first-order valence-corrected chi connectivity index (χ1v) is 8.31. The van der Waals surface area contributed by atoms with Crippen LogP contribution in [0.3, 0.4) is 0 Å². The van der Waals surface area contributed by atoms with Crippen LogP contribution < -0.4 is 0 Å². The van der Waals surface area contributed by atoms with Gasteiger partial charge in [0.05, 0.1) is 5.60 Å². The van der Waals surface area contributed by atoms with Gasteiger partial charge >= 0.3 is 0 Å². The van der Waals surface area contributed by atoms with Crippen LogP contribution in [0.25, 0.3) is 0 Å². The molecule has 1 N–H and O–H groups in total. The van der Waals surface area contributed by atoms with Crippen LogP contribution in [-0.2, 0) is 12.0 Å². The molecular weight excluding hydrogens is 282 g/mol. The lowest BCUT2D eigenvalue weighted by Gasteiger charge is -2.36. The van der Waals surface area contributed by atoms with Gasteiger partial charge < -0.3 is 10.0 Å². The highest BCUT2D eigenvalue weighted by Gasteiger charge is 2.36. The maximum atomic E-state index is 11.6. The van der Waals surface area contributed by atoms with Crippen molar-refractivity contribution in [3.05, 3.63) is 70.8 Å². The summed E-state index contributed by atoms with van der Waals surface area (Å²) in [6.07, 6.45) is 0.633. The van der Waals surface area contributed by atoms with Gasteiger partial charge in [0.25, 0.3) is 0 Å². The molecule has 0 saturated carbocycles. The van der Waals surface area contributed by atoms with Crippen molar-refractivity contribution in [3.8, 4) is 0 Å². The lowest BCUT2D eigenvalue weighted by Crippen LogP contribution is -2.41. The summed E-state index contributed by atoms with van der Waals surface area (Å²) in [6.45, 7) is 7.20. The first kappa shape index (κ1) is 17.7. The van der Waals surface area contributed by atoms with Crippen molar-refractivity contribution in [2.45, 2.75) is 32.8 Å². The van der Waals surface area contributed by atoms with E-state index in [1.54, 1.807) is 0 Å². The second-order valence-corrected chi connectivity index (χ2v) is 7.13. The third-order valence-electron chi connectivity index (χ3n) is 4.48. The third-order valence-corrected chi connectivity index (χ3v) is 4.48. The Balaban J connectivity index is 2.41. The minimum absolute atomic E-state index is 0.126. The summed E-state index contributed by atoms with van der Waals surface area (Å²) >= 11 is 0. The molecule has 2 nitrogen and oxygen atoms in total. The van der Waals surface area contributed by atoms with Crippen LogP contribution in [0.15, 0.2) is 48.5 Å². The Morgan fingerprint density at radius 1 is 1.00 bits per heavy atom. The fourth-order valence-corrected chi connectivity index (χ4v) is 3.47. The lowest BCUT2D eigenvalue weighted by molar-refractivity contribution is -0.0255. The molecule has 2 atom stereocenters. The van der Waals surface area contributed by atoms with Crippen molar-refractivity contribution in [3.63, 3.8) is 0 Å². The zero-order valence-corrected chi connectivity index (χ0v) is 15.0. The fraction of sp³-hybridized carbons (Fsp3) is 0.429. The van der Waals surface area contributed by atoms with E-state index in [9.17, 15) is 5.11 Å². The molecule has 0 heterocycles. The van der Waals surface area contributed by atoms with Gasteiger partial charge in [0, 0.05) is 18.9 Å². The highest BCUT2D eigenvalue weighted by Crippen LogP contribution is 2.34. The van der Waals surface area contributed by atoms with E-state index in [-0.39, 0.29) is 5.92 Å². The molecule has 0 amide bonds. The van der Waals surface area contributed by atoms with E-state index in [0.29, 0.717) is 6.42 Å². The maximum absolute atomic E-state index is 11.6. The van der Waals surface area contributed by atoms with Gasteiger partial charge in [0.1, 0.15) is 0 Å². The van der Waals surface area contributed by atoms with E-state index < -0.39 is 5.60 Å². The Morgan fingerprint density at radius 3 is 2.09 bits per heavy atom.